The fourth-order valence-corrected chi connectivity index (χ4v) is 3.72. The van der Waals surface area contributed by atoms with Gasteiger partial charge in [-0.2, -0.15) is 0 Å². The van der Waals surface area contributed by atoms with Gasteiger partial charge in [0.15, 0.2) is 0 Å². The number of hydrogen-bond donors (Lipinski definition) is 1. The molecule has 26 heavy (non-hydrogen) atoms. The van der Waals surface area contributed by atoms with Gasteiger partial charge >= 0.3 is 0 Å². The van der Waals surface area contributed by atoms with Gasteiger partial charge in [0, 0.05) is 5.69 Å². The van der Waals surface area contributed by atoms with E-state index in [0.29, 0.717) is 11.6 Å². The Bertz CT molecular complexity index is 983. The molecular weight excluding hydrogens is 350 g/mol. The van der Waals surface area contributed by atoms with E-state index in [1.165, 1.54) is 11.0 Å². The summed E-state index contributed by atoms with van der Waals surface area (Å²) in [5.41, 5.74) is 3.26. The van der Waals surface area contributed by atoms with E-state index in [-0.39, 0.29) is 4.90 Å². The minimum Gasteiger partial charge on any atom is -0.280 e. The summed E-state index contributed by atoms with van der Waals surface area (Å²) in [7, 11) is -3.64. The van der Waals surface area contributed by atoms with Crippen LogP contribution in [0, 0.1) is 6.92 Å². The topological polar surface area (TPSA) is 89.8 Å². The summed E-state index contributed by atoms with van der Waals surface area (Å²) in [4.78, 5) is 0.242. The highest BCUT2D eigenvalue weighted by Gasteiger charge is 2.15. The zero-order valence-corrected chi connectivity index (χ0v) is 15.7. The van der Waals surface area contributed by atoms with Crippen molar-refractivity contribution in [2.24, 2.45) is 0 Å². The van der Waals surface area contributed by atoms with Crippen LogP contribution in [0.3, 0.4) is 0 Å². The van der Waals surface area contributed by atoms with Crippen LogP contribution >= 0.6 is 0 Å². The van der Waals surface area contributed by atoms with E-state index in [0.717, 1.165) is 23.2 Å². The minimum atomic E-state index is -3.64. The second-order valence-electron chi connectivity index (χ2n) is 6.24. The normalized spacial score (nSPS) is 12.7. The van der Waals surface area contributed by atoms with Gasteiger partial charge in [0.1, 0.15) is 6.33 Å². The first-order valence-electron chi connectivity index (χ1n) is 8.37. The number of aromatic nitrogens is 4. The predicted molar refractivity (Wildman–Crippen MR) is 99.8 cm³/mol. The molecule has 1 heterocycles. The number of benzene rings is 2. The van der Waals surface area contributed by atoms with Crippen molar-refractivity contribution in [3.63, 3.8) is 0 Å². The summed E-state index contributed by atoms with van der Waals surface area (Å²) < 4.78 is 29.4. The second kappa shape index (κ2) is 7.25. The molecule has 0 fully saturated rings. The first kappa shape index (κ1) is 18.1. The SMILES string of the molecule is CCC(C)c1ccc(S(=O)(=O)Nc2ccc(-n3cnnn3)c(C)c2)cc1. The fraction of sp³-hybridized carbons (Fsp3) is 0.278. The lowest BCUT2D eigenvalue weighted by atomic mass is 9.99. The maximum atomic E-state index is 12.6. The van der Waals surface area contributed by atoms with Crippen LogP contribution in [0.5, 0.6) is 0 Å². The van der Waals surface area contributed by atoms with Crippen LogP contribution in [-0.4, -0.2) is 28.6 Å². The van der Waals surface area contributed by atoms with E-state index in [9.17, 15) is 8.42 Å². The standard InChI is InChI=1S/C18H21N5O2S/c1-4-13(2)15-5-8-17(9-6-15)26(24,25)20-16-7-10-18(14(3)11-16)23-12-19-21-22-23/h5-13,20H,4H2,1-3H3. The molecule has 0 bridgehead atoms. The van der Waals surface area contributed by atoms with Crippen LogP contribution in [0.4, 0.5) is 5.69 Å². The van der Waals surface area contributed by atoms with E-state index in [1.54, 1.807) is 30.3 Å². The van der Waals surface area contributed by atoms with Crippen molar-refractivity contribution in [2.45, 2.75) is 38.0 Å². The molecule has 0 saturated carbocycles. The number of sulfonamides is 1. The van der Waals surface area contributed by atoms with E-state index in [2.05, 4.69) is 34.1 Å². The molecule has 3 aromatic rings. The number of anilines is 1. The zero-order valence-electron chi connectivity index (χ0n) is 14.9. The maximum absolute atomic E-state index is 12.6. The van der Waals surface area contributed by atoms with E-state index < -0.39 is 10.0 Å². The quantitative estimate of drug-likeness (QED) is 0.718. The van der Waals surface area contributed by atoms with Crippen LogP contribution in [0.25, 0.3) is 5.69 Å². The molecule has 1 atom stereocenters. The summed E-state index contributed by atoms with van der Waals surface area (Å²) in [6.07, 6.45) is 2.50. The molecule has 0 spiro atoms. The van der Waals surface area contributed by atoms with Crippen molar-refractivity contribution in [3.05, 3.63) is 59.9 Å². The first-order valence-corrected chi connectivity index (χ1v) is 9.86. The Hall–Kier alpha value is -2.74. The molecule has 1 aromatic heterocycles. The molecule has 3 rings (SSSR count). The van der Waals surface area contributed by atoms with Crippen LogP contribution in [-0.2, 0) is 10.0 Å². The minimum absolute atomic E-state index is 0.242. The van der Waals surface area contributed by atoms with Crippen molar-refractivity contribution >= 4 is 15.7 Å². The van der Waals surface area contributed by atoms with Gasteiger partial charge in [-0.05, 0) is 71.1 Å². The lowest BCUT2D eigenvalue weighted by Gasteiger charge is -2.12. The van der Waals surface area contributed by atoms with Gasteiger partial charge in [-0.3, -0.25) is 4.72 Å². The molecule has 0 aliphatic heterocycles. The molecule has 2 aromatic carbocycles. The van der Waals surface area contributed by atoms with E-state index >= 15 is 0 Å². The largest absolute Gasteiger partial charge is 0.280 e. The van der Waals surface area contributed by atoms with Crippen LogP contribution < -0.4 is 4.72 Å². The van der Waals surface area contributed by atoms with Gasteiger partial charge in [-0.25, -0.2) is 13.1 Å². The summed E-state index contributed by atoms with van der Waals surface area (Å²) in [5, 5.41) is 11.1. The molecule has 7 nitrogen and oxygen atoms in total. The highest BCUT2D eigenvalue weighted by molar-refractivity contribution is 7.92. The third-order valence-corrected chi connectivity index (χ3v) is 5.81. The molecule has 0 aliphatic carbocycles. The summed E-state index contributed by atoms with van der Waals surface area (Å²) in [6.45, 7) is 6.10. The average molecular weight is 371 g/mol. The highest BCUT2D eigenvalue weighted by atomic mass is 32.2. The molecule has 0 saturated heterocycles. The summed E-state index contributed by atoms with van der Waals surface area (Å²) in [6, 6.07) is 12.2. The molecule has 1 unspecified atom stereocenters. The Kier molecular flexibility index (Phi) is 5.03. The second-order valence-corrected chi connectivity index (χ2v) is 7.92. The maximum Gasteiger partial charge on any atom is 0.261 e. The molecule has 1 N–H and O–H groups in total. The van der Waals surface area contributed by atoms with Crippen molar-refractivity contribution in [3.8, 4) is 5.69 Å². The third-order valence-electron chi connectivity index (χ3n) is 4.42. The monoisotopic (exact) mass is 371 g/mol. The molecule has 8 heteroatoms. The number of nitrogens with zero attached hydrogens (tertiary/aromatic N) is 4. The Morgan fingerprint density at radius 1 is 1.15 bits per heavy atom. The number of nitrogens with one attached hydrogen (secondary N) is 1. The lowest BCUT2D eigenvalue weighted by molar-refractivity contribution is 0.601. The average Bonchev–Trinajstić information content (AvgIpc) is 3.15. The summed E-state index contributed by atoms with van der Waals surface area (Å²) >= 11 is 0. The number of aryl methyl sites for hydroxylation is 1. The molecule has 136 valence electrons. The first-order chi connectivity index (χ1) is 12.4. The predicted octanol–water partition coefficient (Wildman–Crippen LogP) is 3.29. The molecule has 0 amide bonds. The van der Waals surface area contributed by atoms with Crippen LogP contribution in [0.15, 0.2) is 53.7 Å². The van der Waals surface area contributed by atoms with Crippen molar-refractivity contribution in [1.29, 1.82) is 0 Å². The van der Waals surface area contributed by atoms with Crippen LogP contribution in [0.2, 0.25) is 0 Å². The lowest BCUT2D eigenvalue weighted by Crippen LogP contribution is -2.13. The Labute approximate surface area is 153 Å². The fourth-order valence-electron chi connectivity index (χ4n) is 2.67. The Morgan fingerprint density at radius 2 is 1.88 bits per heavy atom. The van der Waals surface area contributed by atoms with Gasteiger partial charge in [0.2, 0.25) is 0 Å². The third kappa shape index (κ3) is 3.75. The van der Waals surface area contributed by atoms with Gasteiger partial charge in [0.05, 0.1) is 10.6 Å². The van der Waals surface area contributed by atoms with E-state index in [4.69, 9.17) is 0 Å². The number of rotatable bonds is 6. The van der Waals surface area contributed by atoms with E-state index in [1.807, 2.05) is 19.1 Å². The molecule has 0 aliphatic rings. The number of hydrogen-bond acceptors (Lipinski definition) is 5. The molecule has 0 radical (unpaired) electrons. The smallest absolute Gasteiger partial charge is 0.261 e. The van der Waals surface area contributed by atoms with Crippen molar-refractivity contribution in [1.82, 2.24) is 20.2 Å². The highest BCUT2D eigenvalue weighted by Crippen LogP contribution is 2.23. The van der Waals surface area contributed by atoms with Crippen LogP contribution in [0.1, 0.15) is 37.3 Å². The zero-order chi connectivity index (χ0) is 18.7. The molecular formula is C18H21N5O2S. The summed E-state index contributed by atoms with van der Waals surface area (Å²) in [5.74, 6) is 0.404. The van der Waals surface area contributed by atoms with Gasteiger partial charge in [0.25, 0.3) is 10.0 Å². The van der Waals surface area contributed by atoms with Crippen molar-refractivity contribution < 1.29 is 8.42 Å². The van der Waals surface area contributed by atoms with Crippen molar-refractivity contribution in [2.75, 3.05) is 4.72 Å². The number of tetrazole rings is 1. The Morgan fingerprint density at radius 3 is 2.46 bits per heavy atom. The van der Waals surface area contributed by atoms with Gasteiger partial charge in [-0.1, -0.05) is 26.0 Å². The van der Waals surface area contributed by atoms with Gasteiger partial charge < -0.3 is 0 Å². The Balaban J connectivity index is 1.82. The van der Waals surface area contributed by atoms with Gasteiger partial charge in [-0.15, -0.1) is 5.10 Å².